The van der Waals surface area contributed by atoms with E-state index in [9.17, 15) is 4.79 Å². The van der Waals surface area contributed by atoms with E-state index in [1.165, 1.54) is 5.56 Å². The summed E-state index contributed by atoms with van der Waals surface area (Å²) >= 11 is 3.42. The van der Waals surface area contributed by atoms with Crippen molar-refractivity contribution in [3.05, 3.63) is 35.9 Å². The molecular weight excluding hydrogens is 290 g/mol. The first kappa shape index (κ1) is 15.2. The molecule has 0 bridgehead atoms. The molecule has 0 spiro atoms. The predicted molar refractivity (Wildman–Crippen MR) is 79.7 cm³/mol. The Morgan fingerprint density at radius 2 is 2.00 bits per heavy atom. The Hall–Kier alpha value is -0.830. The Morgan fingerprint density at radius 1 is 1.33 bits per heavy atom. The molecule has 2 nitrogen and oxygen atoms in total. The van der Waals surface area contributed by atoms with Gasteiger partial charge >= 0.3 is 0 Å². The van der Waals surface area contributed by atoms with E-state index in [1.54, 1.807) is 0 Å². The van der Waals surface area contributed by atoms with Crippen LogP contribution in [-0.2, 0) is 11.3 Å². The zero-order valence-corrected chi connectivity index (χ0v) is 12.8. The molecule has 0 aliphatic carbocycles. The van der Waals surface area contributed by atoms with Crippen molar-refractivity contribution in [2.24, 2.45) is 5.92 Å². The molecule has 1 rings (SSSR count). The number of carbonyl (C=O) groups is 1. The lowest BCUT2D eigenvalue weighted by atomic mass is 10.0. The van der Waals surface area contributed by atoms with Crippen LogP contribution in [0.25, 0.3) is 0 Å². The van der Waals surface area contributed by atoms with Gasteiger partial charge in [0.25, 0.3) is 0 Å². The van der Waals surface area contributed by atoms with Crippen molar-refractivity contribution < 1.29 is 4.79 Å². The molecule has 0 N–H and O–H groups in total. The number of carbonyl (C=O) groups excluding carboxylic acids is 1. The zero-order chi connectivity index (χ0) is 13.4. The van der Waals surface area contributed by atoms with Crippen molar-refractivity contribution in [3.63, 3.8) is 0 Å². The van der Waals surface area contributed by atoms with Crippen molar-refractivity contribution in [1.29, 1.82) is 0 Å². The van der Waals surface area contributed by atoms with E-state index in [2.05, 4.69) is 41.9 Å². The molecule has 0 saturated carbocycles. The fourth-order valence-corrected chi connectivity index (χ4v) is 2.20. The lowest BCUT2D eigenvalue weighted by molar-refractivity contribution is -0.132. The van der Waals surface area contributed by atoms with Gasteiger partial charge in [-0.25, -0.2) is 0 Å². The molecule has 0 heterocycles. The Morgan fingerprint density at radius 3 is 2.56 bits per heavy atom. The number of alkyl halides is 1. The summed E-state index contributed by atoms with van der Waals surface area (Å²) in [5.74, 6) is 0.721. The number of nitrogens with zero attached hydrogens (tertiary/aromatic N) is 1. The Balaban J connectivity index is 2.61. The standard InChI is InChI=1S/C15H22BrNO/c1-3-13(2)11-15(18)17(10-9-16)12-14-7-5-4-6-8-14/h4-8,13H,3,9-12H2,1-2H3. The monoisotopic (exact) mass is 311 g/mol. The maximum Gasteiger partial charge on any atom is 0.223 e. The van der Waals surface area contributed by atoms with Gasteiger partial charge in [0.1, 0.15) is 0 Å². The molecule has 1 aromatic carbocycles. The summed E-state index contributed by atoms with van der Waals surface area (Å²) in [5.41, 5.74) is 1.19. The second-order valence-corrected chi connectivity index (χ2v) is 5.50. The number of hydrogen-bond donors (Lipinski definition) is 0. The van der Waals surface area contributed by atoms with E-state index < -0.39 is 0 Å². The van der Waals surface area contributed by atoms with Crippen LogP contribution < -0.4 is 0 Å². The van der Waals surface area contributed by atoms with Gasteiger partial charge in [-0.15, -0.1) is 0 Å². The molecule has 0 aliphatic heterocycles. The number of hydrogen-bond acceptors (Lipinski definition) is 1. The van der Waals surface area contributed by atoms with Crippen molar-refractivity contribution in [3.8, 4) is 0 Å². The summed E-state index contributed by atoms with van der Waals surface area (Å²) in [6.07, 6.45) is 1.70. The molecule has 0 fully saturated rings. The summed E-state index contributed by atoms with van der Waals surface area (Å²) in [4.78, 5) is 14.2. The van der Waals surface area contributed by atoms with Gasteiger partial charge in [0.2, 0.25) is 5.91 Å². The van der Waals surface area contributed by atoms with Crippen LogP contribution in [0.1, 0.15) is 32.3 Å². The zero-order valence-electron chi connectivity index (χ0n) is 11.2. The predicted octanol–water partition coefficient (Wildman–Crippen LogP) is 3.85. The minimum absolute atomic E-state index is 0.257. The van der Waals surface area contributed by atoms with Gasteiger partial charge in [0, 0.05) is 24.8 Å². The normalized spacial score (nSPS) is 12.2. The fourth-order valence-electron chi connectivity index (χ4n) is 1.77. The summed E-state index contributed by atoms with van der Waals surface area (Å²) in [6.45, 7) is 5.74. The highest BCUT2D eigenvalue weighted by Gasteiger charge is 2.15. The molecular formula is C15H22BrNO. The summed E-state index contributed by atoms with van der Waals surface area (Å²) in [5, 5.41) is 0.825. The quantitative estimate of drug-likeness (QED) is 0.700. The molecule has 1 unspecified atom stereocenters. The van der Waals surface area contributed by atoms with Gasteiger partial charge in [-0.05, 0) is 11.5 Å². The van der Waals surface area contributed by atoms with Crippen molar-refractivity contribution in [1.82, 2.24) is 4.90 Å². The van der Waals surface area contributed by atoms with Gasteiger partial charge in [-0.1, -0.05) is 66.5 Å². The number of benzene rings is 1. The summed E-state index contributed by atoms with van der Waals surface area (Å²) in [7, 11) is 0. The highest BCUT2D eigenvalue weighted by atomic mass is 79.9. The fraction of sp³-hybridized carbons (Fsp3) is 0.533. The molecule has 3 heteroatoms. The highest BCUT2D eigenvalue weighted by Crippen LogP contribution is 2.12. The smallest absolute Gasteiger partial charge is 0.223 e. The molecule has 1 amide bonds. The first-order chi connectivity index (χ1) is 8.67. The third-order valence-corrected chi connectivity index (χ3v) is 3.50. The van der Waals surface area contributed by atoms with E-state index in [0.717, 1.165) is 18.3 Å². The third kappa shape index (κ3) is 5.21. The molecule has 100 valence electrons. The number of rotatable bonds is 7. The summed E-state index contributed by atoms with van der Waals surface area (Å²) in [6, 6.07) is 10.2. The largest absolute Gasteiger partial charge is 0.338 e. The van der Waals surface area contributed by atoms with Crippen LogP contribution in [0.4, 0.5) is 0 Å². The third-order valence-electron chi connectivity index (χ3n) is 3.14. The van der Waals surface area contributed by atoms with E-state index in [1.807, 2.05) is 23.1 Å². The van der Waals surface area contributed by atoms with E-state index in [-0.39, 0.29) is 5.91 Å². The average Bonchev–Trinajstić information content (AvgIpc) is 2.39. The van der Waals surface area contributed by atoms with Crippen LogP contribution in [0.5, 0.6) is 0 Å². The molecule has 1 aromatic rings. The van der Waals surface area contributed by atoms with Crippen molar-refractivity contribution in [2.75, 3.05) is 11.9 Å². The molecule has 18 heavy (non-hydrogen) atoms. The van der Waals surface area contributed by atoms with E-state index in [0.29, 0.717) is 18.9 Å². The molecule has 0 saturated heterocycles. The summed E-state index contributed by atoms with van der Waals surface area (Å²) < 4.78 is 0. The number of halogens is 1. The van der Waals surface area contributed by atoms with E-state index >= 15 is 0 Å². The molecule has 0 aliphatic rings. The van der Waals surface area contributed by atoms with Gasteiger partial charge < -0.3 is 4.90 Å². The van der Waals surface area contributed by atoms with Gasteiger partial charge in [0.05, 0.1) is 0 Å². The lowest BCUT2D eigenvalue weighted by Gasteiger charge is -2.23. The maximum atomic E-state index is 12.2. The van der Waals surface area contributed by atoms with Crippen LogP contribution in [0.3, 0.4) is 0 Å². The first-order valence-electron chi connectivity index (χ1n) is 6.55. The number of amides is 1. The van der Waals surface area contributed by atoms with Crippen LogP contribution in [0.2, 0.25) is 0 Å². The van der Waals surface area contributed by atoms with Crippen molar-refractivity contribution in [2.45, 2.75) is 33.2 Å². The second kappa shape index (κ2) is 8.30. The van der Waals surface area contributed by atoms with E-state index in [4.69, 9.17) is 0 Å². The van der Waals surface area contributed by atoms with Crippen LogP contribution >= 0.6 is 15.9 Å². The molecule has 0 aromatic heterocycles. The average molecular weight is 312 g/mol. The highest BCUT2D eigenvalue weighted by molar-refractivity contribution is 9.09. The molecule has 0 radical (unpaired) electrons. The lowest BCUT2D eigenvalue weighted by Crippen LogP contribution is -2.33. The van der Waals surface area contributed by atoms with Crippen LogP contribution in [0, 0.1) is 5.92 Å². The maximum absolute atomic E-state index is 12.2. The Labute approximate surface area is 119 Å². The van der Waals surface area contributed by atoms with Crippen LogP contribution in [0.15, 0.2) is 30.3 Å². The minimum atomic E-state index is 0.257. The topological polar surface area (TPSA) is 20.3 Å². The minimum Gasteiger partial charge on any atom is -0.338 e. The Bertz CT molecular complexity index is 353. The SMILES string of the molecule is CCC(C)CC(=O)N(CCBr)Cc1ccccc1. The molecule has 1 atom stereocenters. The van der Waals surface area contributed by atoms with Crippen LogP contribution in [-0.4, -0.2) is 22.7 Å². The van der Waals surface area contributed by atoms with Crippen molar-refractivity contribution >= 4 is 21.8 Å². The van der Waals surface area contributed by atoms with Gasteiger partial charge in [0.15, 0.2) is 0 Å². The second-order valence-electron chi connectivity index (χ2n) is 4.71. The first-order valence-corrected chi connectivity index (χ1v) is 7.67. The Kier molecular flexibility index (Phi) is 7.02. The van der Waals surface area contributed by atoms with Gasteiger partial charge in [-0.2, -0.15) is 0 Å². The van der Waals surface area contributed by atoms with Gasteiger partial charge in [-0.3, -0.25) is 4.79 Å².